The molecule has 16 atom stereocenters. The van der Waals surface area contributed by atoms with Gasteiger partial charge in [0, 0.05) is 0 Å². The number of carbonyl (C=O) groups is 4. The summed E-state index contributed by atoms with van der Waals surface area (Å²) >= 11 is 0. The lowest BCUT2D eigenvalue weighted by Crippen LogP contribution is -2.50. The maximum atomic E-state index is 13.7. The van der Waals surface area contributed by atoms with Gasteiger partial charge in [-0.1, -0.05) is 73.3 Å². The third kappa shape index (κ3) is 8.11. The quantitative estimate of drug-likeness (QED) is 0.157. The minimum atomic E-state index is -0.570. The van der Waals surface area contributed by atoms with Gasteiger partial charge in [0.05, 0.1) is 30.3 Å². The summed E-state index contributed by atoms with van der Waals surface area (Å²) in [5.74, 6) is 1.76. The predicted molar refractivity (Wildman–Crippen MR) is 208 cm³/mol. The van der Waals surface area contributed by atoms with E-state index in [2.05, 4.69) is 6.92 Å². The highest BCUT2D eigenvalue weighted by Crippen LogP contribution is 2.72. The number of ether oxygens (including phenoxy) is 3. The molecular weight excluding hydrogens is 644 g/mol. The summed E-state index contributed by atoms with van der Waals surface area (Å²) < 4.78 is 16.7. The first kappa shape index (κ1) is 51.1. The molecule has 8 heteroatoms. The van der Waals surface area contributed by atoms with E-state index in [9.17, 15) is 24.3 Å². The first-order valence-electron chi connectivity index (χ1n) is 17.2. The van der Waals surface area contributed by atoms with Crippen molar-refractivity contribution in [3.05, 3.63) is 0 Å². The molecule has 1 aliphatic heterocycles. The van der Waals surface area contributed by atoms with Crippen LogP contribution in [0.5, 0.6) is 0 Å². The zero-order valence-corrected chi connectivity index (χ0v) is 26.4. The summed E-state index contributed by atoms with van der Waals surface area (Å²) in [6.45, 7) is 9.88. The molecule has 8 nitrogen and oxygen atoms in total. The molecule has 6 bridgehead atoms. The Morgan fingerprint density at radius 2 is 1.18 bits per heavy atom. The van der Waals surface area contributed by atoms with Crippen molar-refractivity contribution in [1.82, 2.24) is 0 Å². The highest BCUT2D eigenvalue weighted by atomic mass is 16.6. The van der Waals surface area contributed by atoms with E-state index in [-0.39, 0.29) is 132 Å². The van der Waals surface area contributed by atoms with Gasteiger partial charge in [0.15, 0.2) is 0 Å². The highest BCUT2D eigenvalue weighted by Gasteiger charge is 2.69. The van der Waals surface area contributed by atoms with Gasteiger partial charge in [-0.15, -0.1) is 0 Å². The number of cyclic esters (lactones) is 2. The van der Waals surface area contributed by atoms with Crippen molar-refractivity contribution in [2.24, 2.45) is 94.7 Å². The van der Waals surface area contributed by atoms with E-state index in [1.165, 1.54) is 19.3 Å². The molecule has 0 spiro atoms. The van der Waals surface area contributed by atoms with Gasteiger partial charge < -0.3 is 19.3 Å². The lowest BCUT2D eigenvalue weighted by Gasteiger charge is -2.50. The van der Waals surface area contributed by atoms with Gasteiger partial charge in [-0.25, -0.2) is 0 Å². The summed E-state index contributed by atoms with van der Waals surface area (Å²) in [6, 6.07) is 0. The van der Waals surface area contributed by atoms with Gasteiger partial charge >= 0.3 is 23.9 Å². The number of hydrogen-bond donors (Lipinski definition) is 1. The van der Waals surface area contributed by atoms with Crippen LogP contribution in [0.25, 0.3) is 0 Å². The van der Waals surface area contributed by atoms with Gasteiger partial charge in [0.25, 0.3) is 0 Å². The van der Waals surface area contributed by atoms with E-state index in [0.29, 0.717) is 41.9 Å². The number of esters is 4. The monoisotopic (exact) mass is 727 g/mol. The topological polar surface area (TPSA) is 116 Å². The van der Waals surface area contributed by atoms with Crippen molar-refractivity contribution in [2.75, 3.05) is 13.2 Å². The maximum Gasteiger partial charge on any atom is 0.317 e. The van der Waals surface area contributed by atoms with Crippen molar-refractivity contribution < 1.29 is 38.5 Å². The molecular formula is C43H82O8. The fourth-order valence-corrected chi connectivity index (χ4v) is 12.7. The Hall–Kier alpha value is -1.96. The maximum absolute atomic E-state index is 13.7. The average molecular weight is 727 g/mol. The van der Waals surface area contributed by atoms with E-state index in [4.69, 9.17) is 14.2 Å². The Kier molecular flexibility index (Phi) is 18.4. The fraction of sp³-hybridized carbons (Fsp3) is 0.907. The molecule has 7 rings (SSSR count). The first-order valence-corrected chi connectivity index (χ1v) is 17.2. The van der Waals surface area contributed by atoms with Crippen molar-refractivity contribution in [3.63, 3.8) is 0 Å². The van der Waals surface area contributed by atoms with Crippen LogP contribution in [0.15, 0.2) is 0 Å². The van der Waals surface area contributed by atoms with Crippen LogP contribution in [0.2, 0.25) is 0 Å². The summed E-state index contributed by atoms with van der Waals surface area (Å²) in [6.07, 6.45) is 7.16. The molecule has 0 aromatic carbocycles. The second-order valence-corrected chi connectivity index (χ2v) is 16.6. The van der Waals surface area contributed by atoms with Crippen LogP contribution in [0.4, 0.5) is 0 Å². The van der Waals surface area contributed by atoms with E-state index in [1.807, 2.05) is 27.7 Å². The van der Waals surface area contributed by atoms with E-state index >= 15 is 0 Å². The van der Waals surface area contributed by atoms with Gasteiger partial charge in [-0.3, -0.25) is 19.2 Å². The van der Waals surface area contributed by atoms with Crippen molar-refractivity contribution in [3.8, 4) is 0 Å². The normalized spacial score (nSPS) is 41.8. The molecule has 1 heterocycles. The lowest BCUT2D eigenvalue weighted by molar-refractivity contribution is -0.165. The second-order valence-electron chi connectivity index (χ2n) is 16.6. The van der Waals surface area contributed by atoms with Gasteiger partial charge in [-0.2, -0.15) is 0 Å². The number of carbonyl (C=O) groups excluding carboxylic acids is 4. The Labute approximate surface area is 314 Å². The van der Waals surface area contributed by atoms with Crippen LogP contribution in [0, 0.1) is 94.7 Å². The van der Waals surface area contributed by atoms with Gasteiger partial charge in [0.2, 0.25) is 0 Å². The lowest BCUT2D eigenvalue weighted by atomic mass is 9.53. The minimum Gasteiger partial charge on any atom is -0.463 e. The molecule has 0 amide bonds. The summed E-state index contributed by atoms with van der Waals surface area (Å²) in [4.78, 5) is 53.0. The zero-order valence-electron chi connectivity index (χ0n) is 26.4. The summed E-state index contributed by atoms with van der Waals surface area (Å²) in [7, 11) is 0. The van der Waals surface area contributed by atoms with Crippen molar-refractivity contribution >= 4 is 23.9 Å². The number of hydrogen-bond acceptors (Lipinski definition) is 8. The first-order chi connectivity index (χ1) is 20.4. The SMILES string of the molecule is C.C.C.C.C.C.C.C.CC1C(=O)OC(=O)C1C1C2CC(C(=O)OC(C)(C)C)C(C2)C1C1C2CC(C(=O)OCCO)C(C2)C1C1C2CCC(C2)C1C. The van der Waals surface area contributed by atoms with Crippen LogP contribution in [-0.2, 0) is 33.4 Å². The van der Waals surface area contributed by atoms with Crippen LogP contribution in [0.1, 0.15) is 139 Å². The molecule has 16 unspecified atom stereocenters. The highest BCUT2D eigenvalue weighted by molar-refractivity contribution is 5.96. The molecule has 0 radical (unpaired) electrons. The minimum absolute atomic E-state index is 0. The van der Waals surface area contributed by atoms with Crippen LogP contribution < -0.4 is 0 Å². The van der Waals surface area contributed by atoms with E-state index < -0.39 is 23.4 Å². The van der Waals surface area contributed by atoms with E-state index in [1.54, 1.807) is 0 Å². The van der Waals surface area contributed by atoms with Crippen LogP contribution in [-0.4, -0.2) is 47.8 Å². The molecule has 1 saturated heterocycles. The standard InChI is InChI=1S/C35H50O8.8CH4/c1-15-17-6-7-18(10-17)25(15)29-21-12-20(13-23(21)32(38)41-9-8-36)28(29)30-22-11-19(14-24(22)33(39)43-35(3,4)5)27(30)26-16(2)31(37)42-34(26)40;;;;;;;;/h15-30,36H,6-14H2,1-5H3;8*1H4. The third-order valence-corrected chi connectivity index (χ3v) is 13.7. The Balaban J connectivity index is 0. The zero-order chi connectivity index (χ0) is 30.5. The second kappa shape index (κ2) is 18.4. The molecule has 51 heavy (non-hydrogen) atoms. The summed E-state index contributed by atoms with van der Waals surface area (Å²) in [5.41, 5.74) is -0.570. The molecule has 6 aliphatic carbocycles. The molecule has 7 aliphatic rings. The molecule has 6 saturated carbocycles. The van der Waals surface area contributed by atoms with E-state index in [0.717, 1.165) is 25.2 Å². The Morgan fingerprint density at radius 3 is 1.65 bits per heavy atom. The number of rotatable bonds is 7. The Morgan fingerprint density at radius 1 is 0.667 bits per heavy atom. The third-order valence-electron chi connectivity index (χ3n) is 13.7. The van der Waals surface area contributed by atoms with Crippen LogP contribution in [0.3, 0.4) is 0 Å². The van der Waals surface area contributed by atoms with Gasteiger partial charge in [-0.05, 0) is 137 Å². The number of aliphatic hydroxyl groups is 1. The molecule has 0 aromatic heterocycles. The Bertz CT molecular complexity index is 1170. The fourth-order valence-electron chi connectivity index (χ4n) is 12.7. The molecule has 7 fully saturated rings. The van der Waals surface area contributed by atoms with Crippen molar-refractivity contribution in [1.29, 1.82) is 0 Å². The van der Waals surface area contributed by atoms with Crippen molar-refractivity contribution in [2.45, 2.75) is 145 Å². The number of fused-ring (bicyclic) bond motifs is 6. The largest absolute Gasteiger partial charge is 0.463 e. The van der Waals surface area contributed by atoms with Gasteiger partial charge in [0.1, 0.15) is 12.2 Å². The molecule has 0 aromatic rings. The molecule has 1 N–H and O–H groups in total. The smallest absolute Gasteiger partial charge is 0.317 e. The predicted octanol–water partition coefficient (Wildman–Crippen LogP) is 9.75. The average Bonchev–Trinajstić information content (AvgIpc) is 3.78. The number of aliphatic hydroxyl groups excluding tert-OH is 1. The van der Waals surface area contributed by atoms with Crippen LogP contribution >= 0.6 is 0 Å². The molecule has 302 valence electrons. The summed E-state index contributed by atoms with van der Waals surface area (Å²) in [5, 5.41) is 9.32.